The highest BCUT2D eigenvalue weighted by Crippen LogP contribution is 2.19. The summed E-state index contributed by atoms with van der Waals surface area (Å²) in [5.74, 6) is -2.21. The van der Waals surface area contributed by atoms with Gasteiger partial charge in [0.15, 0.2) is 0 Å². The van der Waals surface area contributed by atoms with Gasteiger partial charge in [-0.15, -0.1) is 0 Å². The van der Waals surface area contributed by atoms with Crippen LogP contribution in [0.15, 0.2) is 42.0 Å². The topological polar surface area (TPSA) is 52.9 Å². The van der Waals surface area contributed by atoms with Gasteiger partial charge in [0.1, 0.15) is 23.3 Å². The lowest BCUT2D eigenvalue weighted by molar-refractivity contribution is -0.112. The first-order valence-corrected chi connectivity index (χ1v) is 6.87. The van der Waals surface area contributed by atoms with Gasteiger partial charge >= 0.3 is 0 Å². The van der Waals surface area contributed by atoms with Gasteiger partial charge in [0.05, 0.1) is 0 Å². The highest BCUT2D eigenvalue weighted by atomic mass is 19.1. The summed E-state index contributed by atoms with van der Waals surface area (Å²) in [7, 11) is 0. The molecular formula is C18H14F2N2O. The number of halogens is 2. The molecule has 2 aromatic carbocycles. The summed E-state index contributed by atoms with van der Waals surface area (Å²) in [6.07, 6.45) is 1.09. The van der Waals surface area contributed by atoms with Gasteiger partial charge in [-0.2, -0.15) is 5.26 Å². The van der Waals surface area contributed by atoms with Gasteiger partial charge in [0.2, 0.25) is 0 Å². The van der Waals surface area contributed by atoms with Crippen LogP contribution >= 0.6 is 0 Å². The maximum atomic E-state index is 13.6. The molecule has 0 aliphatic carbocycles. The number of hydrogen-bond donors (Lipinski definition) is 1. The number of aryl methyl sites for hydroxylation is 1. The SMILES string of the molecule is Cc1cccc(NC(=O)/C(C#N)=C/c2ccc(F)cc2F)c1C. The molecular weight excluding hydrogens is 298 g/mol. The third-order valence-corrected chi connectivity index (χ3v) is 3.48. The van der Waals surface area contributed by atoms with Crippen LogP contribution in [0.1, 0.15) is 16.7 Å². The average molecular weight is 312 g/mol. The number of amides is 1. The van der Waals surface area contributed by atoms with Crippen molar-refractivity contribution in [1.82, 2.24) is 0 Å². The number of carbonyl (C=O) groups excluding carboxylic acids is 1. The highest BCUT2D eigenvalue weighted by molar-refractivity contribution is 6.10. The van der Waals surface area contributed by atoms with E-state index in [1.807, 2.05) is 19.9 Å². The summed E-state index contributed by atoms with van der Waals surface area (Å²) in [5.41, 5.74) is 2.16. The van der Waals surface area contributed by atoms with Gasteiger partial charge in [-0.05, 0) is 49.2 Å². The Morgan fingerprint density at radius 1 is 1.22 bits per heavy atom. The minimum absolute atomic E-state index is 0.0286. The number of rotatable bonds is 3. The van der Waals surface area contributed by atoms with Crippen LogP contribution in [0.3, 0.4) is 0 Å². The van der Waals surface area contributed by atoms with E-state index < -0.39 is 17.5 Å². The van der Waals surface area contributed by atoms with E-state index in [1.54, 1.807) is 18.2 Å². The molecule has 0 radical (unpaired) electrons. The fourth-order valence-corrected chi connectivity index (χ4v) is 2.00. The quantitative estimate of drug-likeness (QED) is 0.684. The predicted octanol–water partition coefficient (Wildman–Crippen LogP) is 4.13. The lowest BCUT2D eigenvalue weighted by atomic mass is 10.1. The van der Waals surface area contributed by atoms with Crippen molar-refractivity contribution in [2.45, 2.75) is 13.8 Å². The molecule has 23 heavy (non-hydrogen) atoms. The van der Waals surface area contributed by atoms with E-state index in [9.17, 15) is 13.6 Å². The molecule has 3 nitrogen and oxygen atoms in total. The van der Waals surface area contributed by atoms with Gasteiger partial charge in [-0.3, -0.25) is 4.79 Å². The van der Waals surface area contributed by atoms with Crippen LogP contribution in [0.25, 0.3) is 6.08 Å². The van der Waals surface area contributed by atoms with Crippen LogP contribution in [-0.2, 0) is 4.79 Å². The van der Waals surface area contributed by atoms with Crippen LogP contribution in [-0.4, -0.2) is 5.91 Å². The molecule has 0 aromatic heterocycles. The minimum Gasteiger partial charge on any atom is -0.321 e. The van der Waals surface area contributed by atoms with Crippen molar-refractivity contribution < 1.29 is 13.6 Å². The zero-order valence-corrected chi connectivity index (χ0v) is 12.7. The van der Waals surface area contributed by atoms with Crippen molar-refractivity contribution in [3.63, 3.8) is 0 Å². The summed E-state index contributed by atoms with van der Waals surface area (Å²) in [4.78, 5) is 12.2. The van der Waals surface area contributed by atoms with E-state index in [0.717, 1.165) is 23.3 Å². The largest absolute Gasteiger partial charge is 0.321 e. The van der Waals surface area contributed by atoms with Gasteiger partial charge in [-0.25, -0.2) is 8.78 Å². The van der Waals surface area contributed by atoms with Crippen LogP contribution in [0.4, 0.5) is 14.5 Å². The summed E-state index contributed by atoms with van der Waals surface area (Å²) < 4.78 is 26.5. The maximum Gasteiger partial charge on any atom is 0.266 e. The Balaban J connectivity index is 2.30. The molecule has 0 spiro atoms. The Morgan fingerprint density at radius 3 is 2.61 bits per heavy atom. The Bertz CT molecular complexity index is 835. The second-order valence-corrected chi connectivity index (χ2v) is 5.04. The molecule has 0 unspecified atom stereocenters. The normalized spacial score (nSPS) is 11.0. The number of nitrogens with one attached hydrogen (secondary N) is 1. The molecule has 116 valence electrons. The van der Waals surface area contributed by atoms with Gasteiger partial charge in [-0.1, -0.05) is 12.1 Å². The lowest BCUT2D eigenvalue weighted by Gasteiger charge is -2.09. The molecule has 0 fully saturated rings. The minimum atomic E-state index is -0.836. The Morgan fingerprint density at radius 2 is 1.96 bits per heavy atom. The monoisotopic (exact) mass is 312 g/mol. The molecule has 0 saturated heterocycles. The van der Waals surface area contributed by atoms with Crippen molar-refractivity contribution >= 4 is 17.7 Å². The zero-order chi connectivity index (χ0) is 17.0. The average Bonchev–Trinajstić information content (AvgIpc) is 2.51. The van der Waals surface area contributed by atoms with Crippen LogP contribution in [0, 0.1) is 36.8 Å². The summed E-state index contributed by atoms with van der Waals surface area (Å²) in [6.45, 7) is 3.75. The van der Waals surface area contributed by atoms with Gasteiger partial charge < -0.3 is 5.32 Å². The van der Waals surface area contributed by atoms with E-state index in [-0.39, 0.29) is 11.1 Å². The van der Waals surface area contributed by atoms with Crippen molar-refractivity contribution in [2.75, 3.05) is 5.32 Å². The molecule has 2 rings (SSSR count). The molecule has 0 saturated carbocycles. The fraction of sp³-hybridized carbons (Fsp3) is 0.111. The lowest BCUT2D eigenvalue weighted by Crippen LogP contribution is -2.14. The number of hydrogen-bond acceptors (Lipinski definition) is 2. The first-order chi connectivity index (χ1) is 10.9. The number of anilines is 1. The summed E-state index contributed by atoms with van der Waals surface area (Å²) in [5, 5.41) is 11.8. The standard InChI is InChI=1S/C18H14F2N2O/c1-11-4-3-5-17(12(11)2)22-18(23)14(10-21)8-13-6-7-15(19)9-16(13)20/h3-9H,1-2H3,(H,22,23)/b14-8+. The second kappa shape index (κ2) is 6.84. The van der Waals surface area contributed by atoms with E-state index in [0.29, 0.717) is 11.8 Å². The number of benzene rings is 2. The summed E-state index contributed by atoms with van der Waals surface area (Å²) >= 11 is 0. The molecule has 1 N–H and O–H groups in total. The highest BCUT2D eigenvalue weighted by Gasteiger charge is 2.12. The third kappa shape index (κ3) is 3.80. The fourth-order valence-electron chi connectivity index (χ4n) is 2.00. The van der Waals surface area contributed by atoms with E-state index in [1.165, 1.54) is 6.07 Å². The molecule has 2 aromatic rings. The maximum absolute atomic E-state index is 13.6. The Labute approximate surface area is 132 Å². The molecule has 0 atom stereocenters. The first kappa shape index (κ1) is 16.4. The van der Waals surface area contributed by atoms with Crippen LogP contribution < -0.4 is 5.32 Å². The van der Waals surface area contributed by atoms with E-state index in [4.69, 9.17) is 5.26 Å². The summed E-state index contributed by atoms with van der Waals surface area (Å²) in [6, 6.07) is 10.1. The zero-order valence-electron chi connectivity index (χ0n) is 12.7. The molecule has 1 amide bonds. The van der Waals surface area contributed by atoms with Crippen molar-refractivity contribution in [1.29, 1.82) is 5.26 Å². The number of nitrogens with zero attached hydrogens (tertiary/aromatic N) is 1. The molecule has 0 aliphatic rings. The predicted molar refractivity (Wildman–Crippen MR) is 84.5 cm³/mol. The first-order valence-electron chi connectivity index (χ1n) is 6.87. The smallest absolute Gasteiger partial charge is 0.266 e. The Kier molecular flexibility index (Phi) is 4.87. The van der Waals surface area contributed by atoms with Crippen molar-refractivity contribution in [3.05, 3.63) is 70.3 Å². The van der Waals surface area contributed by atoms with Gasteiger partial charge in [0.25, 0.3) is 5.91 Å². The molecule has 0 heterocycles. The Hall–Kier alpha value is -3.00. The van der Waals surface area contributed by atoms with Crippen molar-refractivity contribution in [2.24, 2.45) is 0 Å². The van der Waals surface area contributed by atoms with Crippen LogP contribution in [0.5, 0.6) is 0 Å². The molecule has 0 bridgehead atoms. The third-order valence-electron chi connectivity index (χ3n) is 3.48. The van der Waals surface area contributed by atoms with Crippen LogP contribution in [0.2, 0.25) is 0 Å². The number of nitriles is 1. The van der Waals surface area contributed by atoms with Gasteiger partial charge in [0, 0.05) is 17.3 Å². The van der Waals surface area contributed by atoms with E-state index in [2.05, 4.69) is 5.32 Å². The number of carbonyl (C=O) groups is 1. The second-order valence-electron chi connectivity index (χ2n) is 5.04. The van der Waals surface area contributed by atoms with Crippen molar-refractivity contribution in [3.8, 4) is 6.07 Å². The molecule has 5 heteroatoms. The van der Waals surface area contributed by atoms with E-state index >= 15 is 0 Å². The molecule has 0 aliphatic heterocycles.